The second-order valence-corrected chi connectivity index (χ2v) is 4.90. The number of nitrogens with zero attached hydrogens (tertiary/aromatic N) is 4. The smallest absolute Gasteiger partial charge is 0.242 e. The highest BCUT2D eigenvalue weighted by molar-refractivity contribution is 6.28. The van der Waals surface area contributed by atoms with E-state index >= 15 is 0 Å². The predicted molar refractivity (Wildman–Crippen MR) is 53.4 cm³/mol. The van der Waals surface area contributed by atoms with Crippen molar-refractivity contribution in [2.24, 2.45) is 5.41 Å². The maximum absolute atomic E-state index is 10.5. The van der Waals surface area contributed by atoms with Crippen LogP contribution in [-0.2, 0) is 4.79 Å². The van der Waals surface area contributed by atoms with Crippen LogP contribution in [0.2, 0.25) is 5.28 Å². The Morgan fingerprint density at radius 1 is 1.53 bits per heavy atom. The van der Waals surface area contributed by atoms with Gasteiger partial charge < -0.3 is 4.90 Å². The van der Waals surface area contributed by atoms with Crippen molar-refractivity contribution in [3.63, 3.8) is 0 Å². The summed E-state index contributed by atoms with van der Waals surface area (Å²) < 4.78 is 1.83. The lowest BCUT2D eigenvalue weighted by Crippen LogP contribution is -2.61. The van der Waals surface area contributed by atoms with E-state index in [0.717, 1.165) is 32.3 Å². The van der Waals surface area contributed by atoms with Gasteiger partial charge >= 0.3 is 0 Å². The standard InChI is InChI=1S/C9H11ClN4O/c10-8-11-5-14(12-8)7-1-9(2-7)3-13(4-9)6-15/h5-7H,1-4H2. The SMILES string of the molecule is O=CN1CC2(CC(n3cnc(Cl)n3)C2)C1. The first-order valence-electron chi connectivity index (χ1n) is 4.97. The molecule has 1 spiro atoms. The van der Waals surface area contributed by atoms with Crippen LogP contribution in [0.25, 0.3) is 0 Å². The van der Waals surface area contributed by atoms with Gasteiger partial charge in [-0.05, 0) is 24.4 Å². The van der Waals surface area contributed by atoms with Crippen molar-refractivity contribution >= 4 is 18.0 Å². The van der Waals surface area contributed by atoms with E-state index in [0.29, 0.717) is 16.7 Å². The molecule has 0 radical (unpaired) electrons. The fourth-order valence-electron chi connectivity index (χ4n) is 2.70. The van der Waals surface area contributed by atoms with Crippen molar-refractivity contribution in [3.8, 4) is 0 Å². The first kappa shape index (κ1) is 9.15. The maximum atomic E-state index is 10.5. The van der Waals surface area contributed by atoms with Crippen molar-refractivity contribution in [1.29, 1.82) is 0 Å². The zero-order valence-electron chi connectivity index (χ0n) is 8.14. The van der Waals surface area contributed by atoms with Gasteiger partial charge in [-0.3, -0.25) is 4.79 Å². The number of carbonyl (C=O) groups excluding carboxylic acids is 1. The molecule has 1 aliphatic heterocycles. The summed E-state index contributed by atoms with van der Waals surface area (Å²) in [7, 11) is 0. The second kappa shape index (κ2) is 2.95. The molecule has 15 heavy (non-hydrogen) atoms. The predicted octanol–water partition coefficient (Wildman–Crippen LogP) is 0.725. The average Bonchev–Trinajstić information content (AvgIpc) is 2.47. The molecule has 80 valence electrons. The van der Waals surface area contributed by atoms with E-state index < -0.39 is 0 Å². The van der Waals surface area contributed by atoms with Crippen LogP contribution in [0.5, 0.6) is 0 Å². The number of hydrogen-bond donors (Lipinski definition) is 0. The number of aromatic nitrogens is 3. The Kier molecular flexibility index (Phi) is 1.80. The van der Waals surface area contributed by atoms with Crippen LogP contribution in [0, 0.1) is 5.41 Å². The molecule has 0 unspecified atom stereocenters. The number of amides is 1. The van der Waals surface area contributed by atoms with Crippen LogP contribution in [-0.4, -0.2) is 39.2 Å². The molecule has 2 heterocycles. The van der Waals surface area contributed by atoms with Crippen molar-refractivity contribution in [3.05, 3.63) is 11.6 Å². The molecule has 0 N–H and O–H groups in total. The highest BCUT2D eigenvalue weighted by Gasteiger charge is 2.52. The Morgan fingerprint density at radius 3 is 2.80 bits per heavy atom. The third kappa shape index (κ3) is 1.33. The van der Waals surface area contributed by atoms with Crippen LogP contribution in [0.3, 0.4) is 0 Å². The summed E-state index contributed by atoms with van der Waals surface area (Å²) in [5.74, 6) is 0. The Morgan fingerprint density at radius 2 is 2.27 bits per heavy atom. The topological polar surface area (TPSA) is 51.0 Å². The molecule has 0 atom stereocenters. The molecular weight excluding hydrogens is 216 g/mol. The van der Waals surface area contributed by atoms with Gasteiger partial charge in [-0.15, -0.1) is 5.10 Å². The average molecular weight is 227 g/mol. The highest BCUT2D eigenvalue weighted by atomic mass is 35.5. The Hall–Kier alpha value is -1.10. The first-order valence-corrected chi connectivity index (χ1v) is 5.35. The molecule has 2 aliphatic rings. The number of likely N-dealkylation sites (tertiary alicyclic amines) is 1. The molecule has 6 heteroatoms. The summed E-state index contributed by atoms with van der Waals surface area (Å²) in [5, 5.41) is 4.39. The van der Waals surface area contributed by atoms with Crippen molar-refractivity contribution < 1.29 is 4.79 Å². The summed E-state index contributed by atoms with van der Waals surface area (Å²) in [6.07, 6.45) is 4.76. The van der Waals surface area contributed by atoms with Gasteiger partial charge in [-0.25, -0.2) is 9.67 Å². The van der Waals surface area contributed by atoms with Crippen LogP contribution in [0.4, 0.5) is 0 Å². The molecule has 2 fully saturated rings. The van der Waals surface area contributed by atoms with Gasteiger partial charge in [-0.2, -0.15) is 0 Å². The van der Waals surface area contributed by atoms with Gasteiger partial charge in [0.15, 0.2) is 0 Å². The number of halogens is 1. The van der Waals surface area contributed by atoms with E-state index in [9.17, 15) is 4.79 Å². The zero-order valence-corrected chi connectivity index (χ0v) is 8.89. The van der Waals surface area contributed by atoms with Gasteiger partial charge in [-0.1, -0.05) is 0 Å². The first-order chi connectivity index (χ1) is 7.21. The third-order valence-electron chi connectivity index (χ3n) is 3.42. The van der Waals surface area contributed by atoms with Gasteiger partial charge in [0.25, 0.3) is 0 Å². The summed E-state index contributed by atoms with van der Waals surface area (Å²) in [6, 6.07) is 0.416. The van der Waals surface area contributed by atoms with Crippen LogP contribution < -0.4 is 0 Å². The molecule has 1 amide bonds. The fraction of sp³-hybridized carbons (Fsp3) is 0.667. The van der Waals surface area contributed by atoms with Gasteiger partial charge in [0.2, 0.25) is 11.7 Å². The minimum atomic E-state index is 0.305. The zero-order chi connectivity index (χ0) is 10.5. The quantitative estimate of drug-likeness (QED) is 0.699. The molecule has 1 saturated carbocycles. The summed E-state index contributed by atoms with van der Waals surface area (Å²) in [4.78, 5) is 16.2. The van der Waals surface area contributed by atoms with Gasteiger partial charge in [0, 0.05) is 18.5 Å². The largest absolute Gasteiger partial charge is 0.344 e. The molecule has 1 aliphatic carbocycles. The fourth-order valence-corrected chi connectivity index (χ4v) is 2.84. The molecule has 3 rings (SSSR count). The Balaban J connectivity index is 1.61. The van der Waals surface area contributed by atoms with E-state index in [-0.39, 0.29) is 0 Å². The normalized spacial score (nSPS) is 23.7. The summed E-state index contributed by atoms with van der Waals surface area (Å²) >= 11 is 5.65. The molecule has 5 nitrogen and oxygen atoms in total. The third-order valence-corrected chi connectivity index (χ3v) is 3.59. The van der Waals surface area contributed by atoms with Gasteiger partial charge in [0.1, 0.15) is 6.33 Å². The van der Waals surface area contributed by atoms with Crippen molar-refractivity contribution in [1.82, 2.24) is 19.7 Å². The minimum Gasteiger partial charge on any atom is -0.344 e. The maximum Gasteiger partial charge on any atom is 0.242 e. The van der Waals surface area contributed by atoms with E-state index in [2.05, 4.69) is 10.1 Å². The second-order valence-electron chi connectivity index (χ2n) is 4.57. The molecule has 0 bridgehead atoms. The monoisotopic (exact) mass is 226 g/mol. The van der Waals surface area contributed by atoms with Crippen LogP contribution >= 0.6 is 11.6 Å². The molecule has 1 aromatic heterocycles. The number of rotatable bonds is 2. The van der Waals surface area contributed by atoms with Gasteiger partial charge in [0.05, 0.1) is 6.04 Å². The van der Waals surface area contributed by atoms with E-state index in [1.54, 1.807) is 6.33 Å². The number of hydrogen-bond acceptors (Lipinski definition) is 3. The highest BCUT2D eigenvalue weighted by Crippen LogP contribution is 2.53. The Labute approximate surface area is 92.0 Å². The van der Waals surface area contributed by atoms with Crippen molar-refractivity contribution in [2.75, 3.05) is 13.1 Å². The lowest BCUT2D eigenvalue weighted by molar-refractivity contribution is -0.140. The van der Waals surface area contributed by atoms with E-state index in [4.69, 9.17) is 11.6 Å². The van der Waals surface area contributed by atoms with Crippen LogP contribution in [0.1, 0.15) is 18.9 Å². The lowest BCUT2D eigenvalue weighted by Gasteiger charge is -2.57. The summed E-state index contributed by atoms with van der Waals surface area (Å²) in [5.41, 5.74) is 0.365. The molecular formula is C9H11ClN4O. The molecule has 1 aromatic rings. The molecule has 1 saturated heterocycles. The van der Waals surface area contributed by atoms with E-state index in [1.165, 1.54) is 0 Å². The Bertz CT molecular complexity index is 391. The lowest BCUT2D eigenvalue weighted by atomic mass is 9.61. The van der Waals surface area contributed by atoms with Crippen molar-refractivity contribution in [2.45, 2.75) is 18.9 Å². The number of carbonyl (C=O) groups is 1. The minimum absolute atomic E-state index is 0.305. The van der Waals surface area contributed by atoms with E-state index in [1.807, 2.05) is 9.58 Å². The summed E-state index contributed by atoms with van der Waals surface area (Å²) in [6.45, 7) is 1.80. The van der Waals surface area contributed by atoms with Crippen LogP contribution in [0.15, 0.2) is 6.33 Å². The molecule has 0 aromatic carbocycles.